The fourth-order valence-corrected chi connectivity index (χ4v) is 2.33. The van der Waals surface area contributed by atoms with Crippen molar-refractivity contribution in [2.75, 3.05) is 13.2 Å². The highest BCUT2D eigenvalue weighted by atomic mass is 16.5. The molecule has 0 saturated carbocycles. The summed E-state index contributed by atoms with van der Waals surface area (Å²) in [4.78, 5) is 16.2. The molecule has 0 aliphatic rings. The molecule has 1 heterocycles. The summed E-state index contributed by atoms with van der Waals surface area (Å²) >= 11 is 0. The smallest absolute Gasteiger partial charge is 0.434 e. The average Bonchev–Trinajstić information content (AvgIpc) is 2.66. The first-order chi connectivity index (χ1) is 12.7. The number of unbranched alkanes of at least 4 members (excludes halogenated alkanes) is 3. The minimum atomic E-state index is -0.606. The van der Waals surface area contributed by atoms with Crippen molar-refractivity contribution < 1.29 is 14.3 Å². The molecule has 140 valence electrons. The van der Waals surface area contributed by atoms with E-state index in [2.05, 4.69) is 29.0 Å². The van der Waals surface area contributed by atoms with Crippen LogP contribution in [0.25, 0.3) is 11.3 Å². The Kier molecular flexibility index (Phi) is 8.39. The Bertz CT molecular complexity index is 741. The number of benzene rings is 1. The van der Waals surface area contributed by atoms with Crippen LogP contribution in [0.5, 0.6) is 5.88 Å². The molecule has 6 heteroatoms. The molecular formula is C20H27N3O3. The zero-order valence-electron chi connectivity index (χ0n) is 15.5. The average molecular weight is 357 g/mol. The minimum Gasteiger partial charge on any atom is -0.478 e. The summed E-state index contributed by atoms with van der Waals surface area (Å²) in [6.07, 6.45) is 4.32. The number of amides is 1. The molecule has 1 aromatic heterocycles. The van der Waals surface area contributed by atoms with Crippen molar-refractivity contribution in [3.05, 3.63) is 41.8 Å². The van der Waals surface area contributed by atoms with Crippen molar-refractivity contribution in [3.63, 3.8) is 0 Å². The fraction of sp³-hybridized carbons (Fsp3) is 0.450. The van der Waals surface area contributed by atoms with Gasteiger partial charge in [-0.05, 0) is 12.8 Å². The van der Waals surface area contributed by atoms with Gasteiger partial charge in [0.25, 0.3) is 0 Å². The van der Waals surface area contributed by atoms with Crippen molar-refractivity contribution in [1.29, 1.82) is 0 Å². The molecule has 0 aliphatic carbocycles. The number of hydrogen-bond acceptors (Lipinski definition) is 4. The molecule has 0 fully saturated rings. The lowest BCUT2D eigenvalue weighted by Crippen LogP contribution is -2.15. The number of carbonyl (C=O) groups excluding carboxylic acids is 1. The Hall–Kier alpha value is -2.63. The molecule has 1 aromatic carbocycles. The number of H-pyrrole nitrogens is 1. The lowest BCUT2D eigenvalue weighted by atomic mass is 10.1. The number of hydrogen-bond donors (Lipinski definition) is 1. The first kappa shape index (κ1) is 19.7. The van der Waals surface area contributed by atoms with Gasteiger partial charge in [-0.2, -0.15) is 10.1 Å². The first-order valence-electron chi connectivity index (χ1n) is 9.24. The molecule has 26 heavy (non-hydrogen) atoms. The van der Waals surface area contributed by atoms with Crippen LogP contribution >= 0.6 is 0 Å². The number of nitrogens with one attached hydrogen (secondary N) is 1. The third-order valence-corrected chi connectivity index (χ3v) is 3.78. The van der Waals surface area contributed by atoms with E-state index in [0.29, 0.717) is 30.1 Å². The van der Waals surface area contributed by atoms with Gasteiger partial charge in [-0.25, -0.2) is 9.89 Å². The van der Waals surface area contributed by atoms with E-state index in [0.717, 1.165) is 37.7 Å². The number of aromatic amines is 1. The number of aromatic nitrogens is 2. The molecule has 0 bridgehead atoms. The standard InChI is InChI=1S/C20H27N3O3/c1-3-5-10-14-26-20(24)21-17-15-18(25-13-6-4-2)22-23-19(17)16-11-8-7-9-12-16/h7-9,11-12,15H,3-6,10,13-14H2,1-2H3,(H,21,22,24). The molecule has 0 saturated heterocycles. The van der Waals surface area contributed by atoms with Crippen molar-refractivity contribution >= 4 is 6.09 Å². The van der Waals surface area contributed by atoms with Crippen LogP contribution in [0.4, 0.5) is 4.79 Å². The van der Waals surface area contributed by atoms with Crippen LogP contribution in [0.3, 0.4) is 0 Å². The van der Waals surface area contributed by atoms with Crippen LogP contribution in [0.2, 0.25) is 0 Å². The topological polar surface area (TPSA) is 76.6 Å². The van der Waals surface area contributed by atoms with Crippen LogP contribution in [0, 0.1) is 0 Å². The minimum absolute atomic E-state index is 0.378. The van der Waals surface area contributed by atoms with E-state index in [1.54, 1.807) is 6.07 Å². The maximum Gasteiger partial charge on any atom is 0.434 e. The van der Waals surface area contributed by atoms with Crippen molar-refractivity contribution in [2.24, 2.45) is 4.99 Å². The van der Waals surface area contributed by atoms with Gasteiger partial charge in [-0.1, -0.05) is 63.4 Å². The number of rotatable bonds is 9. The lowest BCUT2D eigenvalue weighted by molar-refractivity contribution is 0.154. The molecule has 0 spiro atoms. The van der Waals surface area contributed by atoms with E-state index in [4.69, 9.17) is 9.47 Å². The Labute approximate surface area is 154 Å². The van der Waals surface area contributed by atoms with E-state index in [1.807, 2.05) is 30.3 Å². The van der Waals surface area contributed by atoms with Crippen LogP contribution in [-0.4, -0.2) is 29.5 Å². The van der Waals surface area contributed by atoms with Gasteiger partial charge in [0.1, 0.15) is 11.1 Å². The third kappa shape index (κ3) is 6.35. The highest BCUT2D eigenvalue weighted by Gasteiger charge is 2.08. The summed E-state index contributed by atoms with van der Waals surface area (Å²) in [6.45, 7) is 5.16. The molecule has 0 aliphatic heterocycles. The molecule has 1 N–H and O–H groups in total. The van der Waals surface area contributed by atoms with E-state index in [-0.39, 0.29) is 0 Å². The summed E-state index contributed by atoms with van der Waals surface area (Å²) in [5.41, 5.74) is 1.44. The zero-order chi connectivity index (χ0) is 18.6. The first-order valence-corrected chi connectivity index (χ1v) is 9.24. The highest BCUT2D eigenvalue weighted by molar-refractivity contribution is 5.70. The summed E-state index contributed by atoms with van der Waals surface area (Å²) in [6, 6.07) is 11.3. The van der Waals surface area contributed by atoms with Gasteiger partial charge in [-0.3, -0.25) is 0 Å². The van der Waals surface area contributed by atoms with Gasteiger partial charge in [0.2, 0.25) is 5.88 Å². The second kappa shape index (κ2) is 11.1. The van der Waals surface area contributed by atoms with Crippen LogP contribution in [0.1, 0.15) is 46.0 Å². The predicted octanol–water partition coefficient (Wildman–Crippen LogP) is 4.48. The fourth-order valence-electron chi connectivity index (χ4n) is 2.33. The molecule has 0 unspecified atom stereocenters. The van der Waals surface area contributed by atoms with E-state index in [1.165, 1.54) is 0 Å². The molecule has 2 rings (SSSR count). The lowest BCUT2D eigenvalue weighted by Gasteiger charge is -2.07. The van der Waals surface area contributed by atoms with Gasteiger partial charge in [0.15, 0.2) is 0 Å². The predicted molar refractivity (Wildman–Crippen MR) is 101 cm³/mol. The SMILES string of the molecule is CCCCCOC(=O)N=c1cc(OCCCC)[nH]nc1-c1ccccc1. The van der Waals surface area contributed by atoms with Gasteiger partial charge in [0.05, 0.1) is 13.2 Å². The van der Waals surface area contributed by atoms with Crippen molar-refractivity contribution in [1.82, 2.24) is 10.2 Å². The molecule has 1 amide bonds. The van der Waals surface area contributed by atoms with Crippen molar-refractivity contribution in [3.8, 4) is 17.1 Å². The second-order valence-corrected chi connectivity index (χ2v) is 5.97. The molecule has 0 radical (unpaired) electrons. The van der Waals surface area contributed by atoms with E-state index < -0.39 is 6.09 Å². The maximum atomic E-state index is 12.1. The van der Waals surface area contributed by atoms with Crippen LogP contribution < -0.4 is 10.1 Å². The highest BCUT2D eigenvalue weighted by Crippen LogP contribution is 2.13. The number of nitrogens with zero attached hydrogens (tertiary/aromatic N) is 2. The third-order valence-electron chi connectivity index (χ3n) is 3.78. The van der Waals surface area contributed by atoms with E-state index >= 15 is 0 Å². The quantitative estimate of drug-likeness (QED) is 0.671. The van der Waals surface area contributed by atoms with Gasteiger partial charge in [-0.15, -0.1) is 0 Å². The van der Waals surface area contributed by atoms with Gasteiger partial charge >= 0.3 is 6.09 Å². The normalized spacial score (nSPS) is 11.4. The molecule has 6 nitrogen and oxygen atoms in total. The van der Waals surface area contributed by atoms with Gasteiger partial charge < -0.3 is 9.47 Å². The van der Waals surface area contributed by atoms with Crippen LogP contribution in [0.15, 0.2) is 41.4 Å². The summed E-state index contributed by atoms with van der Waals surface area (Å²) in [5.74, 6) is 0.482. The Morgan fingerprint density at radius 3 is 2.58 bits per heavy atom. The van der Waals surface area contributed by atoms with E-state index in [9.17, 15) is 4.79 Å². The molecular weight excluding hydrogens is 330 g/mol. The Morgan fingerprint density at radius 2 is 1.85 bits per heavy atom. The monoisotopic (exact) mass is 357 g/mol. The van der Waals surface area contributed by atoms with Crippen molar-refractivity contribution in [2.45, 2.75) is 46.0 Å². The molecule has 2 aromatic rings. The summed E-state index contributed by atoms with van der Waals surface area (Å²) < 4.78 is 10.8. The number of ether oxygens (including phenoxy) is 2. The Morgan fingerprint density at radius 1 is 1.08 bits per heavy atom. The number of carbonyl (C=O) groups is 1. The molecule has 0 atom stereocenters. The van der Waals surface area contributed by atoms with Gasteiger partial charge in [0, 0.05) is 11.6 Å². The second-order valence-electron chi connectivity index (χ2n) is 5.97. The maximum absolute atomic E-state index is 12.1. The zero-order valence-corrected chi connectivity index (χ0v) is 15.5. The largest absolute Gasteiger partial charge is 0.478 e. The van der Waals surface area contributed by atoms with Crippen LogP contribution in [-0.2, 0) is 4.74 Å². The Balaban J connectivity index is 2.24. The summed E-state index contributed by atoms with van der Waals surface area (Å²) in [7, 11) is 0. The summed E-state index contributed by atoms with van der Waals surface area (Å²) in [5, 5.41) is 7.65.